The topological polar surface area (TPSA) is 59.6 Å². The number of anilines is 1. The number of thiophene rings is 1. The summed E-state index contributed by atoms with van der Waals surface area (Å²) in [4.78, 5) is 5.41. The number of nitrogens with two attached hydrogens (primary N) is 1. The van der Waals surface area contributed by atoms with Gasteiger partial charge in [-0.05, 0) is 40.2 Å². The highest BCUT2D eigenvalue weighted by Gasteiger charge is 2.03. The quantitative estimate of drug-likeness (QED) is 0.362. The molecule has 0 amide bonds. The van der Waals surface area contributed by atoms with Crippen molar-refractivity contribution in [2.75, 3.05) is 12.4 Å². The predicted molar refractivity (Wildman–Crippen MR) is 104 cm³/mol. The molecular weight excluding hydrogens is 488 g/mol. The Morgan fingerprint density at radius 2 is 2.24 bits per heavy atom. The number of aliphatic imine (C=N–C) groups is 1. The van der Waals surface area contributed by atoms with Crippen molar-refractivity contribution in [3.8, 4) is 5.75 Å². The fraction of sp³-hybridized carbons (Fsp3) is 0.154. The van der Waals surface area contributed by atoms with E-state index in [0.29, 0.717) is 23.3 Å². The molecule has 0 aliphatic carbocycles. The van der Waals surface area contributed by atoms with E-state index in [4.69, 9.17) is 22.1 Å². The number of halogens is 3. The number of nitrogens with one attached hydrogen (secondary N) is 1. The van der Waals surface area contributed by atoms with Gasteiger partial charge in [0.2, 0.25) is 0 Å². The van der Waals surface area contributed by atoms with E-state index in [9.17, 15) is 0 Å². The number of ether oxygens (including phenoxy) is 1. The second kappa shape index (κ2) is 8.82. The van der Waals surface area contributed by atoms with E-state index in [1.54, 1.807) is 30.6 Å². The third-order valence-corrected chi connectivity index (χ3v) is 4.43. The van der Waals surface area contributed by atoms with Crippen molar-refractivity contribution in [3.63, 3.8) is 0 Å². The summed E-state index contributed by atoms with van der Waals surface area (Å²) in [5.41, 5.74) is 6.61. The van der Waals surface area contributed by atoms with Crippen molar-refractivity contribution in [2.24, 2.45) is 10.7 Å². The molecule has 1 heterocycles. The van der Waals surface area contributed by atoms with E-state index in [2.05, 4.69) is 26.2 Å². The lowest BCUT2D eigenvalue weighted by atomic mass is 10.3. The van der Waals surface area contributed by atoms with Crippen LogP contribution < -0.4 is 15.8 Å². The van der Waals surface area contributed by atoms with Crippen molar-refractivity contribution >= 4 is 74.5 Å². The molecule has 0 unspecified atom stereocenters. The third kappa shape index (κ3) is 5.65. The summed E-state index contributed by atoms with van der Waals surface area (Å²) in [5.74, 6) is 0.965. The summed E-state index contributed by atoms with van der Waals surface area (Å²) in [7, 11) is 1.57. The van der Waals surface area contributed by atoms with Gasteiger partial charge in [0.1, 0.15) is 5.75 Å². The average Bonchev–Trinajstić information content (AvgIpc) is 2.82. The number of hydrogen-bond acceptors (Lipinski definition) is 3. The lowest BCUT2D eigenvalue weighted by Gasteiger charge is -2.08. The van der Waals surface area contributed by atoms with E-state index in [1.165, 1.54) is 0 Å². The predicted octanol–water partition coefficient (Wildman–Crippen LogP) is 4.72. The van der Waals surface area contributed by atoms with Crippen LogP contribution in [-0.2, 0) is 6.54 Å². The standard InChI is InChI=1S/C13H13BrClN3OS.HI/c1-19-12-3-2-9(5-11(12)15)18-13(16)17-6-10-4-8(14)7-20-10;/h2-5,7H,6H2,1H3,(H3,16,17,18);1H. The Morgan fingerprint density at radius 1 is 1.48 bits per heavy atom. The first-order valence-electron chi connectivity index (χ1n) is 5.72. The van der Waals surface area contributed by atoms with Crippen LogP contribution in [0.3, 0.4) is 0 Å². The molecule has 4 nitrogen and oxygen atoms in total. The van der Waals surface area contributed by atoms with Crippen molar-refractivity contribution in [3.05, 3.63) is 44.0 Å². The molecule has 2 rings (SSSR count). The molecule has 1 aromatic carbocycles. The zero-order chi connectivity index (χ0) is 14.5. The van der Waals surface area contributed by atoms with Crippen molar-refractivity contribution in [1.29, 1.82) is 0 Å². The van der Waals surface area contributed by atoms with Crippen LogP contribution in [0.1, 0.15) is 4.88 Å². The van der Waals surface area contributed by atoms with Crippen LogP contribution in [0, 0.1) is 0 Å². The van der Waals surface area contributed by atoms with Gasteiger partial charge in [0, 0.05) is 20.4 Å². The minimum atomic E-state index is 0. The molecule has 8 heteroatoms. The summed E-state index contributed by atoms with van der Waals surface area (Å²) in [5, 5.41) is 5.52. The number of nitrogens with zero attached hydrogens (tertiary/aromatic N) is 1. The summed E-state index contributed by atoms with van der Waals surface area (Å²) in [6, 6.07) is 7.36. The van der Waals surface area contributed by atoms with E-state index < -0.39 is 0 Å². The molecular formula is C13H14BrClIN3OS. The fourth-order valence-electron chi connectivity index (χ4n) is 1.53. The first-order valence-corrected chi connectivity index (χ1v) is 7.77. The molecule has 21 heavy (non-hydrogen) atoms. The van der Waals surface area contributed by atoms with Crippen LogP contribution >= 0.6 is 62.8 Å². The lowest BCUT2D eigenvalue weighted by Crippen LogP contribution is -2.22. The van der Waals surface area contributed by atoms with Crippen molar-refractivity contribution in [2.45, 2.75) is 6.54 Å². The summed E-state index contributed by atoms with van der Waals surface area (Å²) >= 11 is 11.1. The Balaban J connectivity index is 0.00000220. The molecule has 0 atom stereocenters. The highest BCUT2D eigenvalue weighted by atomic mass is 127. The van der Waals surface area contributed by atoms with Gasteiger partial charge in [-0.3, -0.25) is 0 Å². The van der Waals surface area contributed by atoms with Gasteiger partial charge < -0.3 is 15.8 Å². The molecule has 0 aliphatic heterocycles. The zero-order valence-corrected chi connectivity index (χ0v) is 16.6. The van der Waals surface area contributed by atoms with Crippen LogP contribution in [0.5, 0.6) is 5.75 Å². The van der Waals surface area contributed by atoms with Crippen LogP contribution in [0.25, 0.3) is 0 Å². The van der Waals surface area contributed by atoms with Gasteiger partial charge in [0.25, 0.3) is 0 Å². The molecule has 0 fully saturated rings. The Morgan fingerprint density at radius 3 is 2.81 bits per heavy atom. The van der Waals surface area contributed by atoms with E-state index in [1.807, 2.05) is 17.5 Å². The minimum absolute atomic E-state index is 0. The van der Waals surface area contributed by atoms with Crippen molar-refractivity contribution < 1.29 is 4.74 Å². The molecule has 0 aliphatic rings. The largest absolute Gasteiger partial charge is 0.495 e. The normalized spacial score (nSPS) is 10.9. The molecule has 0 bridgehead atoms. The maximum Gasteiger partial charge on any atom is 0.193 e. The number of methoxy groups -OCH3 is 1. The number of hydrogen-bond donors (Lipinski definition) is 2. The number of rotatable bonds is 4. The molecule has 1 aromatic heterocycles. The fourth-order valence-corrected chi connectivity index (χ4v) is 3.16. The van der Waals surface area contributed by atoms with Crippen LogP contribution in [-0.4, -0.2) is 13.1 Å². The van der Waals surface area contributed by atoms with Crippen LogP contribution in [0.4, 0.5) is 5.69 Å². The maximum atomic E-state index is 6.04. The summed E-state index contributed by atoms with van der Waals surface area (Å²) < 4.78 is 6.14. The SMILES string of the molecule is COc1ccc(NC(N)=NCc2cc(Br)cs2)cc1Cl.I. The third-order valence-electron chi connectivity index (χ3n) is 2.45. The van der Waals surface area contributed by atoms with Gasteiger partial charge in [0.15, 0.2) is 5.96 Å². The first-order chi connectivity index (χ1) is 9.58. The summed E-state index contributed by atoms with van der Waals surface area (Å²) in [6.07, 6.45) is 0. The lowest BCUT2D eigenvalue weighted by molar-refractivity contribution is 0.415. The average molecular weight is 503 g/mol. The van der Waals surface area contributed by atoms with E-state index >= 15 is 0 Å². The second-order valence-electron chi connectivity index (χ2n) is 3.91. The Kier molecular flexibility index (Phi) is 7.78. The molecule has 0 radical (unpaired) electrons. The molecule has 0 saturated carbocycles. The van der Waals surface area contributed by atoms with Crippen LogP contribution in [0.2, 0.25) is 5.02 Å². The van der Waals surface area contributed by atoms with Gasteiger partial charge in [-0.15, -0.1) is 35.3 Å². The molecule has 3 N–H and O–H groups in total. The molecule has 0 saturated heterocycles. The molecule has 114 valence electrons. The van der Waals surface area contributed by atoms with Gasteiger partial charge in [-0.1, -0.05) is 11.6 Å². The minimum Gasteiger partial charge on any atom is -0.495 e. The monoisotopic (exact) mass is 501 g/mol. The highest BCUT2D eigenvalue weighted by molar-refractivity contribution is 14.0. The first kappa shape index (κ1) is 18.5. The number of benzene rings is 1. The van der Waals surface area contributed by atoms with E-state index in [-0.39, 0.29) is 24.0 Å². The molecule has 0 spiro atoms. The Hall–Kier alpha value is -0.510. The Bertz CT molecular complexity index is 636. The van der Waals surface area contributed by atoms with Crippen LogP contribution in [0.15, 0.2) is 39.1 Å². The van der Waals surface area contributed by atoms with E-state index in [0.717, 1.165) is 15.0 Å². The Labute approximate surface area is 157 Å². The second-order valence-corrected chi connectivity index (χ2v) is 6.23. The van der Waals surface area contributed by atoms with Gasteiger partial charge in [0.05, 0.1) is 18.7 Å². The summed E-state index contributed by atoms with van der Waals surface area (Å²) in [6.45, 7) is 0.541. The smallest absolute Gasteiger partial charge is 0.193 e. The maximum absolute atomic E-state index is 6.04. The molecule has 2 aromatic rings. The highest BCUT2D eigenvalue weighted by Crippen LogP contribution is 2.27. The van der Waals surface area contributed by atoms with Crippen molar-refractivity contribution in [1.82, 2.24) is 0 Å². The van der Waals surface area contributed by atoms with Gasteiger partial charge in [-0.25, -0.2) is 4.99 Å². The number of guanidine groups is 1. The van der Waals surface area contributed by atoms with Gasteiger partial charge in [-0.2, -0.15) is 0 Å². The zero-order valence-electron chi connectivity index (χ0n) is 11.1. The van der Waals surface area contributed by atoms with Gasteiger partial charge >= 0.3 is 0 Å².